The van der Waals surface area contributed by atoms with Gasteiger partial charge >= 0.3 is 88.7 Å². The third-order valence-electron chi connectivity index (χ3n) is 4.22. The maximum atomic E-state index is 12.8. The Hall–Kier alpha value is -0.900. The molecule has 0 aliphatic heterocycles. The van der Waals surface area contributed by atoms with E-state index in [1.54, 1.807) is 0 Å². The van der Waals surface area contributed by atoms with Crippen LogP contribution in [0.4, 0.5) is 17.1 Å². The molecule has 0 bridgehead atoms. The van der Waals surface area contributed by atoms with Gasteiger partial charge in [-0.3, -0.25) is 14.1 Å². The molecule has 0 radical (unpaired) electrons. The van der Waals surface area contributed by atoms with Gasteiger partial charge in [0, 0.05) is 5.88 Å². The van der Waals surface area contributed by atoms with Gasteiger partial charge in [-0.15, -0.1) is 10.2 Å². The number of nitrogens with zero attached hydrogens (tertiary/aromatic N) is 5. The van der Waals surface area contributed by atoms with Crippen LogP contribution >= 0.6 is 11.6 Å². The third-order valence-corrected chi connectivity index (χ3v) is 6.24. The van der Waals surface area contributed by atoms with Crippen LogP contribution in [0, 0.1) is 0 Å². The van der Waals surface area contributed by atoms with E-state index in [1.165, 1.54) is 0 Å². The first kappa shape index (κ1) is 38.1. The summed E-state index contributed by atoms with van der Waals surface area (Å²) in [7, 11) is -9.57. The quantitative estimate of drug-likeness (QED) is 0.0819. The fourth-order valence-electron chi connectivity index (χ4n) is 2.76. The minimum atomic E-state index is -5.02. The number of hydrogen-bond acceptors (Lipinski definition) is 12. The monoisotopic (exact) mass is 625 g/mol. The Bertz CT molecular complexity index is 1660. The Morgan fingerprint density at radius 2 is 1.49 bits per heavy atom. The molecule has 3 aromatic rings. The van der Waals surface area contributed by atoms with Crippen molar-refractivity contribution in [1.29, 1.82) is 0 Å². The standard InChI is InChI=1S/C18H14ClN5O10S2.3Na/c1-8(25)20-9-6-12(19)14(13(7-9)36(32,33)34)21-22-15-16(18(27)28)23-24(17(15)26)10-2-4-11(5-3-10)35(29,30)31;;;/h2-7,26H,1H3,(H,20,25)(H,27,28)(H,29,30,31)(H,32,33,34);;;/q;3*+1/p-3. The van der Waals surface area contributed by atoms with Crippen LogP contribution in [0.5, 0.6) is 5.88 Å². The van der Waals surface area contributed by atoms with Gasteiger partial charge in [0.05, 0.1) is 27.3 Å². The van der Waals surface area contributed by atoms with Crippen molar-refractivity contribution in [2.45, 2.75) is 16.7 Å². The number of halogens is 1. The summed E-state index contributed by atoms with van der Waals surface area (Å²) in [5.74, 6) is -3.87. The fourth-order valence-corrected chi connectivity index (χ4v) is 4.21. The van der Waals surface area contributed by atoms with Crippen LogP contribution in [0.3, 0.4) is 0 Å². The molecule has 0 saturated carbocycles. The van der Waals surface area contributed by atoms with Crippen LogP contribution in [0.1, 0.15) is 17.4 Å². The average molecular weight is 626 g/mol. The van der Waals surface area contributed by atoms with Crippen molar-refractivity contribution < 1.29 is 135 Å². The molecule has 3 rings (SSSR count). The number of aromatic carboxylic acids is 1. The molecular weight excluding hydrogens is 615 g/mol. The van der Waals surface area contributed by atoms with E-state index in [9.17, 15) is 41.5 Å². The molecule has 0 amide bonds. The number of carbonyl (C=O) groups is 1. The molecule has 15 nitrogen and oxygen atoms in total. The van der Waals surface area contributed by atoms with Crippen molar-refractivity contribution in [3.8, 4) is 11.6 Å². The SMILES string of the molecule is CC([O-])=Nc1cc(Cl)c(N=Nc2c(C(=O)[O-])nn(-c3ccc(S(=O)(=O)O)cc3)c2[O-])c(S(=O)(=O)O)c1.[Na+].[Na+].[Na+]. The summed E-state index contributed by atoms with van der Waals surface area (Å²) in [6, 6.07) is 5.64. The molecule has 2 aromatic carbocycles. The summed E-state index contributed by atoms with van der Waals surface area (Å²) < 4.78 is 65.1. The number of aromatic nitrogens is 2. The number of carboxylic acids is 1. The van der Waals surface area contributed by atoms with E-state index in [0.29, 0.717) is 4.68 Å². The molecule has 2 N–H and O–H groups in total. The molecule has 0 fully saturated rings. The zero-order valence-electron chi connectivity index (χ0n) is 20.6. The Morgan fingerprint density at radius 3 is 1.95 bits per heavy atom. The summed E-state index contributed by atoms with van der Waals surface area (Å²) in [4.78, 5) is 13.5. The largest absolute Gasteiger partial charge is 1.00 e. The molecule has 0 aliphatic rings. The van der Waals surface area contributed by atoms with Crippen molar-refractivity contribution in [1.82, 2.24) is 9.78 Å². The first-order chi connectivity index (χ1) is 16.6. The Labute approximate surface area is 292 Å². The van der Waals surface area contributed by atoms with E-state index < -0.39 is 69.9 Å². The van der Waals surface area contributed by atoms with Crippen molar-refractivity contribution in [3.63, 3.8) is 0 Å². The maximum absolute atomic E-state index is 12.8. The van der Waals surface area contributed by atoms with Crippen molar-refractivity contribution in [3.05, 3.63) is 47.1 Å². The second-order valence-electron chi connectivity index (χ2n) is 6.75. The summed E-state index contributed by atoms with van der Waals surface area (Å²) in [5.41, 5.74) is -3.04. The van der Waals surface area contributed by atoms with Gasteiger partial charge in [0.15, 0.2) is 0 Å². The first-order valence-electron chi connectivity index (χ1n) is 9.14. The van der Waals surface area contributed by atoms with E-state index in [2.05, 4.69) is 20.3 Å². The molecule has 0 atom stereocenters. The molecule has 0 saturated heterocycles. The van der Waals surface area contributed by atoms with Gasteiger partial charge in [0.1, 0.15) is 22.0 Å². The number of hydrogen-bond donors (Lipinski definition) is 2. The van der Waals surface area contributed by atoms with Gasteiger partial charge in [-0.1, -0.05) is 11.6 Å². The minimum Gasteiger partial charge on any atom is -0.862 e. The fraction of sp³-hybridized carbons (Fsp3) is 0.0556. The number of aliphatic imine (C=N–C) groups is 1. The van der Waals surface area contributed by atoms with Crippen molar-refractivity contribution in [2.24, 2.45) is 15.2 Å². The predicted octanol–water partition coefficient (Wildman–Crippen LogP) is -8.71. The van der Waals surface area contributed by atoms with Gasteiger partial charge in [0.25, 0.3) is 20.2 Å². The zero-order valence-corrected chi connectivity index (χ0v) is 28.9. The van der Waals surface area contributed by atoms with Crippen LogP contribution in [-0.4, -0.2) is 47.6 Å². The van der Waals surface area contributed by atoms with Gasteiger partial charge in [-0.2, -0.15) is 21.9 Å². The van der Waals surface area contributed by atoms with E-state index in [-0.39, 0.29) is 100 Å². The molecule has 21 heteroatoms. The summed E-state index contributed by atoms with van der Waals surface area (Å²) in [6.07, 6.45) is 0. The van der Waals surface area contributed by atoms with E-state index in [0.717, 1.165) is 43.3 Å². The van der Waals surface area contributed by atoms with Gasteiger partial charge in [0.2, 0.25) is 0 Å². The smallest absolute Gasteiger partial charge is 0.862 e. The number of benzene rings is 2. The van der Waals surface area contributed by atoms with Crippen molar-refractivity contribution >= 4 is 60.8 Å². The molecule has 1 aromatic heterocycles. The van der Waals surface area contributed by atoms with Crippen LogP contribution in [0.2, 0.25) is 5.02 Å². The maximum Gasteiger partial charge on any atom is 1.00 e. The van der Waals surface area contributed by atoms with E-state index in [1.807, 2.05) is 0 Å². The molecule has 0 unspecified atom stereocenters. The normalized spacial score (nSPS) is 11.8. The number of rotatable bonds is 7. The van der Waals surface area contributed by atoms with Crippen LogP contribution in [0.15, 0.2) is 61.4 Å². The summed E-state index contributed by atoms with van der Waals surface area (Å²) in [6.45, 7) is 1.07. The average Bonchev–Trinajstić information content (AvgIpc) is 3.07. The molecule has 0 aliphatic carbocycles. The first-order valence-corrected chi connectivity index (χ1v) is 12.4. The second kappa shape index (κ2) is 14.8. The van der Waals surface area contributed by atoms with Crippen LogP contribution < -0.4 is 104 Å². The van der Waals surface area contributed by atoms with E-state index >= 15 is 0 Å². The topological polar surface area (TPSA) is 250 Å². The van der Waals surface area contributed by atoms with E-state index in [4.69, 9.17) is 16.2 Å². The number of azo groups is 1. The molecule has 39 heavy (non-hydrogen) atoms. The molecule has 0 spiro atoms. The van der Waals surface area contributed by atoms with Crippen LogP contribution in [-0.2, 0) is 20.2 Å². The predicted molar refractivity (Wildman–Crippen MR) is 115 cm³/mol. The van der Waals surface area contributed by atoms with Gasteiger partial charge in [-0.25, -0.2) is 4.68 Å². The molecule has 190 valence electrons. The summed E-state index contributed by atoms with van der Waals surface area (Å²) >= 11 is 5.99. The Balaban J connectivity index is 0.00000481. The molecular formula is C18H11ClN5Na3O10S2. The minimum absolute atomic E-state index is 0. The molecule has 1 heterocycles. The van der Waals surface area contributed by atoms with Crippen LogP contribution in [0.25, 0.3) is 5.69 Å². The second-order valence-corrected chi connectivity index (χ2v) is 9.97. The zero-order chi connectivity index (χ0) is 27.0. The Morgan fingerprint density at radius 1 is 0.949 bits per heavy atom. The van der Waals surface area contributed by atoms with Gasteiger partial charge in [-0.05, 0) is 49.2 Å². The van der Waals surface area contributed by atoms with Gasteiger partial charge < -0.3 is 20.1 Å². The number of carboxylic acid groups (broad SMARTS) is 1. The number of carbonyl (C=O) groups excluding carboxylic acids is 1. The third kappa shape index (κ3) is 9.30. The summed E-state index contributed by atoms with van der Waals surface area (Å²) in [5, 5.41) is 45.5. The Kier molecular flexibility index (Phi) is 14.5. The van der Waals surface area contributed by atoms with Crippen molar-refractivity contribution in [2.75, 3.05) is 0 Å².